The molecule has 1 saturated heterocycles. The normalized spacial score (nSPS) is 13.9. The summed E-state index contributed by atoms with van der Waals surface area (Å²) in [7, 11) is 1.58. The minimum atomic E-state index is -0.210. The van der Waals surface area contributed by atoms with Crippen LogP contribution in [-0.4, -0.2) is 31.0 Å². The van der Waals surface area contributed by atoms with Crippen LogP contribution in [0.5, 0.6) is 11.5 Å². The Morgan fingerprint density at radius 3 is 2.61 bits per heavy atom. The third kappa shape index (κ3) is 4.84. The molecule has 1 aliphatic heterocycles. The van der Waals surface area contributed by atoms with Crippen molar-refractivity contribution in [2.45, 2.75) is 19.4 Å². The Hall–Kier alpha value is -2.53. The van der Waals surface area contributed by atoms with Gasteiger partial charge >= 0.3 is 0 Å². The lowest BCUT2D eigenvalue weighted by Crippen LogP contribution is -2.28. The van der Waals surface area contributed by atoms with Crippen LogP contribution < -0.4 is 9.47 Å². The van der Waals surface area contributed by atoms with E-state index in [4.69, 9.17) is 9.47 Å². The summed E-state index contributed by atoms with van der Waals surface area (Å²) in [5, 5.41) is 9.46. The Bertz CT molecular complexity index is 913. The van der Waals surface area contributed by atoms with Crippen LogP contribution in [0.3, 0.4) is 0 Å². The zero-order valence-corrected chi connectivity index (χ0v) is 17.8. The predicted molar refractivity (Wildman–Crippen MR) is 116 cm³/mol. The van der Waals surface area contributed by atoms with Crippen molar-refractivity contribution in [1.29, 1.82) is 5.26 Å². The number of ether oxygens (including phenoxy) is 2. The van der Waals surface area contributed by atoms with E-state index in [2.05, 4.69) is 22.6 Å². The van der Waals surface area contributed by atoms with Crippen LogP contribution in [0.2, 0.25) is 0 Å². The van der Waals surface area contributed by atoms with Crippen LogP contribution in [-0.2, 0) is 11.4 Å². The molecule has 0 aromatic heterocycles. The van der Waals surface area contributed by atoms with Gasteiger partial charge in [-0.25, -0.2) is 0 Å². The second-order valence-electron chi connectivity index (χ2n) is 6.48. The molecule has 0 saturated carbocycles. The average Bonchev–Trinajstić information content (AvgIpc) is 3.26. The zero-order valence-electron chi connectivity index (χ0n) is 15.7. The van der Waals surface area contributed by atoms with E-state index in [0.29, 0.717) is 31.2 Å². The number of benzene rings is 2. The van der Waals surface area contributed by atoms with E-state index in [1.165, 1.54) is 0 Å². The molecule has 1 fully saturated rings. The molecule has 0 aliphatic carbocycles. The van der Waals surface area contributed by atoms with Gasteiger partial charge in [0.05, 0.1) is 10.7 Å². The molecule has 2 aromatic carbocycles. The van der Waals surface area contributed by atoms with Crippen molar-refractivity contribution in [3.8, 4) is 17.6 Å². The third-order valence-electron chi connectivity index (χ3n) is 4.53. The first-order chi connectivity index (χ1) is 13.6. The molecule has 0 bridgehead atoms. The Balaban J connectivity index is 1.83. The molecule has 0 spiro atoms. The lowest BCUT2D eigenvalue weighted by Gasteiger charge is -2.15. The van der Waals surface area contributed by atoms with Gasteiger partial charge < -0.3 is 14.4 Å². The summed E-state index contributed by atoms with van der Waals surface area (Å²) in [5.41, 5.74) is 1.93. The van der Waals surface area contributed by atoms with Crippen LogP contribution >= 0.6 is 22.6 Å². The number of likely N-dealkylation sites (tertiary alicyclic amines) is 1. The van der Waals surface area contributed by atoms with E-state index < -0.39 is 0 Å². The number of hydrogen-bond acceptors (Lipinski definition) is 4. The second-order valence-corrected chi connectivity index (χ2v) is 7.64. The maximum absolute atomic E-state index is 12.5. The van der Waals surface area contributed by atoms with E-state index >= 15 is 0 Å². The number of carbonyl (C=O) groups is 1. The largest absolute Gasteiger partial charge is 0.493 e. The highest BCUT2D eigenvalue weighted by molar-refractivity contribution is 14.1. The molecule has 2 aromatic rings. The quantitative estimate of drug-likeness (QED) is 0.344. The first-order valence-electron chi connectivity index (χ1n) is 9.07. The molecular weight excluding hydrogens is 467 g/mol. The second kappa shape index (κ2) is 9.60. The van der Waals surface area contributed by atoms with Crippen molar-refractivity contribution in [3.05, 3.63) is 62.7 Å². The number of carbonyl (C=O) groups excluding carboxylic acids is 1. The van der Waals surface area contributed by atoms with Gasteiger partial charge in [0.1, 0.15) is 18.2 Å². The van der Waals surface area contributed by atoms with Gasteiger partial charge in [-0.1, -0.05) is 30.3 Å². The molecule has 28 heavy (non-hydrogen) atoms. The zero-order chi connectivity index (χ0) is 19.9. The van der Waals surface area contributed by atoms with E-state index in [-0.39, 0.29) is 11.5 Å². The Kier molecular flexibility index (Phi) is 6.93. The van der Waals surface area contributed by atoms with Crippen LogP contribution in [0.4, 0.5) is 0 Å². The lowest BCUT2D eigenvalue weighted by molar-refractivity contribution is -0.125. The summed E-state index contributed by atoms with van der Waals surface area (Å²) in [5.74, 6) is 1.01. The van der Waals surface area contributed by atoms with Gasteiger partial charge in [-0.2, -0.15) is 5.26 Å². The highest BCUT2D eigenvalue weighted by atomic mass is 127. The maximum atomic E-state index is 12.5. The number of hydrogen-bond donors (Lipinski definition) is 0. The minimum absolute atomic E-state index is 0.137. The summed E-state index contributed by atoms with van der Waals surface area (Å²) < 4.78 is 12.3. The molecule has 0 radical (unpaired) electrons. The van der Waals surface area contributed by atoms with E-state index in [1.807, 2.05) is 42.5 Å². The molecule has 1 amide bonds. The summed E-state index contributed by atoms with van der Waals surface area (Å²) in [4.78, 5) is 14.3. The van der Waals surface area contributed by atoms with Gasteiger partial charge in [-0.15, -0.1) is 0 Å². The molecule has 0 N–H and O–H groups in total. The number of amides is 1. The van der Waals surface area contributed by atoms with Gasteiger partial charge in [-0.05, 0) is 64.8 Å². The van der Waals surface area contributed by atoms with Crippen molar-refractivity contribution in [2.75, 3.05) is 20.2 Å². The number of nitrogens with zero attached hydrogens (tertiary/aromatic N) is 2. The van der Waals surface area contributed by atoms with E-state index in [1.54, 1.807) is 24.2 Å². The highest BCUT2D eigenvalue weighted by Crippen LogP contribution is 2.35. The standard InChI is InChI=1S/C22H21IN2O3/c1-27-20-13-17(11-18(14-24)22(26)25-9-5-6-10-25)12-19(23)21(20)28-15-16-7-3-2-4-8-16/h2-4,7-8,11-13H,5-6,9-10,15H2,1H3/b18-11+. The fraction of sp³-hybridized carbons (Fsp3) is 0.273. The molecule has 3 rings (SSSR count). The predicted octanol–water partition coefficient (Wildman–Crippen LogP) is 4.41. The van der Waals surface area contributed by atoms with E-state index in [0.717, 1.165) is 27.5 Å². The molecule has 1 heterocycles. The molecule has 6 heteroatoms. The summed E-state index contributed by atoms with van der Waals surface area (Å²) in [6.45, 7) is 1.86. The molecule has 1 aliphatic rings. The van der Waals surface area contributed by atoms with Crippen LogP contribution in [0, 0.1) is 14.9 Å². The SMILES string of the molecule is COc1cc(/C=C(\C#N)C(=O)N2CCCC2)cc(I)c1OCc1ccccc1. The fourth-order valence-corrected chi connectivity index (χ4v) is 3.87. The monoisotopic (exact) mass is 488 g/mol. The molecular formula is C22H21IN2O3. The summed E-state index contributed by atoms with van der Waals surface area (Å²) in [6.07, 6.45) is 3.60. The minimum Gasteiger partial charge on any atom is -0.493 e. The van der Waals surface area contributed by atoms with Crippen molar-refractivity contribution >= 4 is 34.6 Å². The van der Waals surface area contributed by atoms with Crippen molar-refractivity contribution < 1.29 is 14.3 Å². The highest BCUT2D eigenvalue weighted by Gasteiger charge is 2.22. The number of rotatable bonds is 6. The number of nitriles is 1. The topological polar surface area (TPSA) is 62.6 Å². The van der Waals surface area contributed by atoms with Crippen LogP contribution in [0.15, 0.2) is 48.0 Å². The summed E-state index contributed by atoms with van der Waals surface area (Å²) >= 11 is 2.18. The van der Waals surface area contributed by atoms with Gasteiger partial charge in [0.25, 0.3) is 5.91 Å². The van der Waals surface area contributed by atoms with Gasteiger partial charge in [0.2, 0.25) is 0 Å². The lowest BCUT2D eigenvalue weighted by atomic mass is 10.1. The molecule has 0 atom stereocenters. The van der Waals surface area contributed by atoms with E-state index in [9.17, 15) is 10.1 Å². The van der Waals surface area contributed by atoms with Crippen LogP contribution in [0.25, 0.3) is 6.08 Å². The number of methoxy groups -OCH3 is 1. The van der Waals surface area contributed by atoms with Crippen molar-refractivity contribution in [1.82, 2.24) is 4.90 Å². The first-order valence-corrected chi connectivity index (χ1v) is 10.2. The average molecular weight is 488 g/mol. The number of halogens is 1. The van der Waals surface area contributed by atoms with Gasteiger partial charge in [-0.3, -0.25) is 4.79 Å². The van der Waals surface area contributed by atoms with Gasteiger partial charge in [0, 0.05) is 13.1 Å². The van der Waals surface area contributed by atoms with Crippen molar-refractivity contribution in [2.24, 2.45) is 0 Å². The first kappa shape index (κ1) is 20.2. The summed E-state index contributed by atoms with van der Waals surface area (Å²) in [6, 6.07) is 15.6. The molecule has 5 nitrogen and oxygen atoms in total. The molecule has 144 valence electrons. The third-order valence-corrected chi connectivity index (χ3v) is 5.33. The Labute approximate surface area is 178 Å². The Morgan fingerprint density at radius 1 is 1.25 bits per heavy atom. The molecule has 0 unspecified atom stereocenters. The fourth-order valence-electron chi connectivity index (χ4n) is 3.09. The van der Waals surface area contributed by atoms with Crippen molar-refractivity contribution in [3.63, 3.8) is 0 Å². The maximum Gasteiger partial charge on any atom is 0.264 e. The Morgan fingerprint density at radius 2 is 1.96 bits per heavy atom. The van der Waals surface area contributed by atoms with Crippen LogP contribution in [0.1, 0.15) is 24.0 Å². The van der Waals surface area contributed by atoms with Gasteiger partial charge in [0.15, 0.2) is 11.5 Å². The smallest absolute Gasteiger partial charge is 0.264 e.